The molecule has 0 spiro atoms. The highest BCUT2D eigenvalue weighted by Crippen LogP contribution is 2.28. The third kappa shape index (κ3) is 3.21. The molecule has 1 amide bonds. The van der Waals surface area contributed by atoms with Crippen molar-refractivity contribution in [2.75, 3.05) is 19.6 Å². The number of hydrogen-bond acceptors (Lipinski definition) is 3. The van der Waals surface area contributed by atoms with Crippen LogP contribution in [0.2, 0.25) is 0 Å². The Morgan fingerprint density at radius 2 is 1.96 bits per heavy atom. The molecule has 0 saturated carbocycles. The van der Waals surface area contributed by atoms with E-state index in [4.69, 9.17) is 5.10 Å². The lowest BCUT2D eigenvalue weighted by atomic mass is 10.0. The molecular formula is C20H26N4O. The summed E-state index contributed by atoms with van der Waals surface area (Å²) in [6.45, 7) is 2.52. The van der Waals surface area contributed by atoms with Gasteiger partial charge in [-0.25, -0.2) is 0 Å². The van der Waals surface area contributed by atoms with Crippen LogP contribution in [0.3, 0.4) is 0 Å². The second-order valence-corrected chi connectivity index (χ2v) is 7.09. The zero-order valence-corrected chi connectivity index (χ0v) is 14.9. The van der Waals surface area contributed by atoms with Crippen molar-refractivity contribution >= 4 is 5.91 Å². The van der Waals surface area contributed by atoms with Crippen LogP contribution in [0.15, 0.2) is 30.3 Å². The third-order valence-electron chi connectivity index (χ3n) is 5.45. The lowest BCUT2D eigenvalue weighted by Crippen LogP contribution is -2.49. The van der Waals surface area contributed by atoms with Gasteiger partial charge in [0.25, 0.3) is 0 Å². The number of amides is 1. The van der Waals surface area contributed by atoms with Crippen molar-refractivity contribution in [2.45, 2.75) is 38.1 Å². The molecule has 0 radical (unpaired) electrons. The molecule has 4 rings (SSSR count). The standard InChI is InChI=1S/C20H26N4O/c1-23-19(15-7-3-2-4-8-15)16-10-13-24(14-11-17(16)22-23)20(25)18-9-5-6-12-21-18/h2-4,7-8,18,21H,5-6,9-14H2,1H3. The van der Waals surface area contributed by atoms with Gasteiger partial charge in [-0.1, -0.05) is 36.8 Å². The van der Waals surface area contributed by atoms with Gasteiger partial charge < -0.3 is 10.2 Å². The van der Waals surface area contributed by atoms with Gasteiger partial charge in [0, 0.05) is 37.7 Å². The monoisotopic (exact) mass is 338 g/mol. The molecule has 5 heteroatoms. The van der Waals surface area contributed by atoms with E-state index in [0.29, 0.717) is 0 Å². The van der Waals surface area contributed by atoms with Gasteiger partial charge in [-0.3, -0.25) is 9.48 Å². The van der Waals surface area contributed by atoms with E-state index in [0.717, 1.165) is 51.0 Å². The number of carbonyl (C=O) groups excluding carboxylic acids is 1. The van der Waals surface area contributed by atoms with Gasteiger partial charge >= 0.3 is 0 Å². The maximum atomic E-state index is 12.8. The average Bonchev–Trinajstić information content (AvgIpc) is 2.84. The molecule has 25 heavy (non-hydrogen) atoms. The van der Waals surface area contributed by atoms with Crippen molar-refractivity contribution in [1.82, 2.24) is 20.0 Å². The van der Waals surface area contributed by atoms with Crippen LogP contribution in [0.5, 0.6) is 0 Å². The van der Waals surface area contributed by atoms with Crippen LogP contribution in [0.4, 0.5) is 0 Å². The number of carbonyl (C=O) groups is 1. The van der Waals surface area contributed by atoms with E-state index < -0.39 is 0 Å². The van der Waals surface area contributed by atoms with E-state index >= 15 is 0 Å². The van der Waals surface area contributed by atoms with Crippen LogP contribution < -0.4 is 5.32 Å². The predicted octanol–water partition coefficient (Wildman–Crippen LogP) is 2.16. The van der Waals surface area contributed by atoms with Crippen molar-refractivity contribution in [3.05, 3.63) is 41.6 Å². The third-order valence-corrected chi connectivity index (χ3v) is 5.45. The minimum Gasteiger partial charge on any atom is -0.341 e. The zero-order chi connectivity index (χ0) is 17.2. The summed E-state index contributed by atoms with van der Waals surface area (Å²) >= 11 is 0. The molecule has 1 atom stereocenters. The number of nitrogens with one attached hydrogen (secondary N) is 1. The van der Waals surface area contributed by atoms with Crippen LogP contribution in [0.1, 0.15) is 30.5 Å². The number of hydrogen-bond donors (Lipinski definition) is 1. The molecule has 2 aliphatic heterocycles. The molecule has 0 aliphatic carbocycles. The van der Waals surface area contributed by atoms with Crippen LogP contribution in [0.25, 0.3) is 11.3 Å². The summed E-state index contributed by atoms with van der Waals surface area (Å²) in [6, 6.07) is 10.5. The van der Waals surface area contributed by atoms with Gasteiger partial charge in [0.15, 0.2) is 0 Å². The van der Waals surface area contributed by atoms with E-state index in [1.165, 1.54) is 23.2 Å². The topological polar surface area (TPSA) is 50.2 Å². The molecule has 1 saturated heterocycles. The number of nitrogens with zero attached hydrogens (tertiary/aromatic N) is 3. The summed E-state index contributed by atoms with van der Waals surface area (Å²) in [6.07, 6.45) is 5.02. The average molecular weight is 338 g/mol. The highest BCUT2D eigenvalue weighted by atomic mass is 16.2. The van der Waals surface area contributed by atoms with Crippen molar-refractivity contribution in [2.24, 2.45) is 7.05 Å². The maximum absolute atomic E-state index is 12.8. The van der Waals surface area contributed by atoms with E-state index in [1.54, 1.807) is 0 Å². The molecular weight excluding hydrogens is 312 g/mol. The molecule has 1 aromatic heterocycles. The van der Waals surface area contributed by atoms with Gasteiger partial charge in [0.1, 0.15) is 0 Å². The fourth-order valence-corrected chi connectivity index (χ4v) is 4.15. The summed E-state index contributed by atoms with van der Waals surface area (Å²) in [5.74, 6) is 0.274. The number of aryl methyl sites for hydroxylation is 1. The molecule has 2 aromatic rings. The van der Waals surface area contributed by atoms with Gasteiger partial charge in [0.05, 0.1) is 17.4 Å². The van der Waals surface area contributed by atoms with Crippen molar-refractivity contribution in [3.63, 3.8) is 0 Å². The van der Waals surface area contributed by atoms with Crippen LogP contribution in [0, 0.1) is 0 Å². The van der Waals surface area contributed by atoms with Crippen molar-refractivity contribution in [1.29, 1.82) is 0 Å². The molecule has 132 valence electrons. The van der Waals surface area contributed by atoms with Gasteiger partial charge in [-0.05, 0) is 25.8 Å². The number of rotatable bonds is 2. The Labute approximate surface area is 149 Å². The molecule has 1 fully saturated rings. The highest BCUT2D eigenvalue weighted by Gasteiger charge is 2.29. The van der Waals surface area contributed by atoms with Gasteiger partial charge in [-0.2, -0.15) is 5.10 Å². The Morgan fingerprint density at radius 3 is 2.72 bits per heavy atom. The lowest BCUT2D eigenvalue weighted by molar-refractivity contribution is -0.133. The summed E-state index contributed by atoms with van der Waals surface area (Å²) in [5.41, 5.74) is 4.85. The number of benzene rings is 1. The maximum Gasteiger partial charge on any atom is 0.239 e. The molecule has 2 aliphatic rings. The normalized spacial score (nSPS) is 20.8. The summed E-state index contributed by atoms with van der Waals surface area (Å²) in [7, 11) is 2.02. The van der Waals surface area contributed by atoms with Crippen molar-refractivity contribution < 1.29 is 4.79 Å². The van der Waals surface area contributed by atoms with E-state index in [1.807, 2.05) is 22.7 Å². The SMILES string of the molecule is Cn1nc2c(c1-c1ccccc1)CCN(C(=O)C1CCCCN1)CC2. The van der Waals surface area contributed by atoms with E-state index in [2.05, 4.69) is 29.6 Å². The summed E-state index contributed by atoms with van der Waals surface area (Å²) < 4.78 is 2.00. The Kier molecular flexibility index (Phi) is 4.57. The van der Waals surface area contributed by atoms with E-state index in [9.17, 15) is 4.79 Å². The molecule has 1 N–H and O–H groups in total. The predicted molar refractivity (Wildman–Crippen MR) is 98.3 cm³/mol. The first-order valence-corrected chi connectivity index (χ1v) is 9.36. The fourth-order valence-electron chi connectivity index (χ4n) is 4.15. The number of aromatic nitrogens is 2. The second-order valence-electron chi connectivity index (χ2n) is 7.09. The number of piperidine rings is 1. The Hall–Kier alpha value is -2.14. The second kappa shape index (κ2) is 7.00. The largest absolute Gasteiger partial charge is 0.341 e. The van der Waals surface area contributed by atoms with Gasteiger partial charge in [-0.15, -0.1) is 0 Å². The fraction of sp³-hybridized carbons (Fsp3) is 0.500. The first-order chi connectivity index (χ1) is 12.2. The molecule has 5 nitrogen and oxygen atoms in total. The van der Waals surface area contributed by atoms with E-state index in [-0.39, 0.29) is 11.9 Å². The van der Waals surface area contributed by atoms with Crippen molar-refractivity contribution in [3.8, 4) is 11.3 Å². The zero-order valence-electron chi connectivity index (χ0n) is 14.9. The number of fused-ring (bicyclic) bond motifs is 1. The highest BCUT2D eigenvalue weighted by molar-refractivity contribution is 5.82. The first kappa shape index (κ1) is 16.3. The molecule has 3 heterocycles. The summed E-state index contributed by atoms with van der Waals surface area (Å²) in [4.78, 5) is 14.9. The summed E-state index contributed by atoms with van der Waals surface area (Å²) in [5, 5.41) is 8.14. The first-order valence-electron chi connectivity index (χ1n) is 9.36. The lowest BCUT2D eigenvalue weighted by Gasteiger charge is -2.29. The Bertz CT molecular complexity index is 747. The molecule has 1 aromatic carbocycles. The molecule has 1 unspecified atom stereocenters. The smallest absolute Gasteiger partial charge is 0.239 e. The van der Waals surface area contributed by atoms with Crippen LogP contribution in [-0.4, -0.2) is 46.3 Å². The van der Waals surface area contributed by atoms with Gasteiger partial charge in [0.2, 0.25) is 5.91 Å². The minimum atomic E-state index is 0.0128. The minimum absolute atomic E-state index is 0.0128. The quantitative estimate of drug-likeness (QED) is 0.913. The molecule has 0 bridgehead atoms. The Morgan fingerprint density at radius 1 is 1.16 bits per heavy atom. The Balaban J connectivity index is 1.55. The van der Waals surface area contributed by atoms with Crippen LogP contribution in [-0.2, 0) is 24.7 Å². The van der Waals surface area contributed by atoms with Crippen LogP contribution >= 0.6 is 0 Å².